The van der Waals surface area contributed by atoms with Crippen molar-refractivity contribution < 1.29 is 38.1 Å². The predicted molar refractivity (Wildman–Crippen MR) is 323 cm³/mol. The van der Waals surface area contributed by atoms with Gasteiger partial charge in [-0.3, -0.25) is 0 Å². The lowest BCUT2D eigenvalue weighted by Crippen LogP contribution is -2.44. The predicted octanol–water partition coefficient (Wildman–Crippen LogP) is 10.2. The molecule has 0 bridgehead atoms. The lowest BCUT2D eigenvalue weighted by Gasteiger charge is -2.37. The van der Waals surface area contributed by atoms with Gasteiger partial charge in [-0.05, 0) is 147 Å². The Morgan fingerprint density at radius 1 is 0.337 bits per heavy atom. The van der Waals surface area contributed by atoms with Crippen molar-refractivity contribution in [3.63, 3.8) is 0 Å². The molecule has 0 radical (unpaired) electrons. The first-order valence-corrected chi connectivity index (χ1v) is 31.1. The fraction of sp³-hybridized carbons (Fsp3) is 0.594. The Bertz CT molecular complexity index is 3100. The fourth-order valence-electron chi connectivity index (χ4n) is 14.1. The quantitative estimate of drug-likeness (QED) is 0.0600. The first kappa shape index (κ1) is 65.9. The smallest absolute Gasteiger partial charge is 0.349 e. The molecule has 0 unspecified atom stereocenters. The van der Waals surface area contributed by atoms with Crippen LogP contribution in [-0.2, 0) is 38.1 Å². The summed E-state index contributed by atoms with van der Waals surface area (Å²) in [5.41, 5.74) is -2.35. The van der Waals surface area contributed by atoms with Crippen molar-refractivity contribution in [2.75, 3.05) is 78.8 Å². The minimum Gasteiger partial charge on any atom is -0.461 e. The summed E-state index contributed by atoms with van der Waals surface area (Å²) in [6.07, 6.45) is 9.61. The van der Waals surface area contributed by atoms with Crippen molar-refractivity contribution in [3.05, 3.63) is 89.7 Å². The molecule has 4 saturated heterocycles. The number of likely N-dealkylation sites (tertiary alicyclic amines) is 4. The second-order valence-electron chi connectivity index (χ2n) is 28.2. The zero-order valence-corrected chi connectivity index (χ0v) is 52.9. The zero-order valence-electron chi connectivity index (χ0n) is 52.9. The maximum absolute atomic E-state index is 14.9. The molecule has 0 amide bonds. The molecule has 4 aliphatic carbocycles. The molecule has 8 aliphatic rings. The van der Waals surface area contributed by atoms with Crippen LogP contribution < -0.4 is 0 Å². The monoisotopic (exact) mass is 1200 g/mol. The number of ether oxygens (including phenoxy) is 4. The fourth-order valence-corrected chi connectivity index (χ4v) is 14.1. The SMILES string of the molecule is CC1(C)CC(N2CCCC2)=C(C#N)/C(=C(/C#N)C(=O)OCC(COC(=O)/C(C#N)=C2\CC(C)(C)CC(N3CCCC3)=C2C#N)(COC(=O)/C(C#N)=C2\CC(C)(C)CC(N3CCCC3)=C2C#N)COC(=O)/C(C#N)=C2\CC(C)(C)CC(N3CCCC3)=C2C#N)C1. The maximum atomic E-state index is 14.9. The van der Waals surface area contributed by atoms with Crippen molar-refractivity contribution >= 4 is 23.9 Å². The molecule has 4 fully saturated rings. The Kier molecular flexibility index (Phi) is 20.1. The Balaban J connectivity index is 1.27. The van der Waals surface area contributed by atoms with Crippen LogP contribution in [0.3, 0.4) is 0 Å². The first-order valence-electron chi connectivity index (χ1n) is 31.1. The summed E-state index contributed by atoms with van der Waals surface area (Å²) in [5.74, 6) is -4.91. The third kappa shape index (κ3) is 14.6. The van der Waals surface area contributed by atoms with Crippen LogP contribution in [0.1, 0.15) is 158 Å². The van der Waals surface area contributed by atoms with Gasteiger partial charge in [0.15, 0.2) is 0 Å². The Labute approximate surface area is 523 Å². The lowest BCUT2D eigenvalue weighted by atomic mass is 9.72. The number of carbonyl (C=O) groups excluding carboxylic acids is 4. The number of hydrogen-bond acceptors (Lipinski definition) is 20. The molecule has 0 spiro atoms. The van der Waals surface area contributed by atoms with Crippen LogP contribution in [0.5, 0.6) is 0 Å². The second-order valence-corrected chi connectivity index (χ2v) is 28.2. The highest BCUT2D eigenvalue weighted by Crippen LogP contribution is 2.49. The molecule has 0 atom stereocenters. The summed E-state index contributed by atoms with van der Waals surface area (Å²) in [6, 6.07) is 17.0. The van der Waals surface area contributed by atoms with E-state index < -0.39 is 99.7 Å². The molecule has 464 valence electrons. The minimum atomic E-state index is -2.22. The van der Waals surface area contributed by atoms with Crippen LogP contribution in [-0.4, -0.2) is 122 Å². The highest BCUT2D eigenvalue weighted by Gasteiger charge is 2.45. The van der Waals surface area contributed by atoms with E-state index in [9.17, 15) is 61.3 Å². The van der Waals surface area contributed by atoms with Gasteiger partial charge in [0, 0.05) is 75.1 Å². The zero-order chi connectivity index (χ0) is 64.6. The summed E-state index contributed by atoms with van der Waals surface area (Å²) >= 11 is 0. The Morgan fingerprint density at radius 2 is 0.517 bits per heavy atom. The summed E-state index contributed by atoms with van der Waals surface area (Å²) in [4.78, 5) is 67.9. The number of hydrogen-bond donors (Lipinski definition) is 0. The van der Waals surface area contributed by atoms with Gasteiger partial charge in [-0.2, -0.15) is 42.1 Å². The van der Waals surface area contributed by atoms with Gasteiger partial charge in [-0.25, -0.2) is 19.2 Å². The number of rotatable bonds is 16. The average molecular weight is 1210 g/mol. The van der Waals surface area contributed by atoms with Crippen molar-refractivity contribution in [2.45, 2.75) is 158 Å². The molecule has 89 heavy (non-hydrogen) atoms. The third-order valence-electron chi connectivity index (χ3n) is 18.5. The molecule has 20 heteroatoms. The van der Waals surface area contributed by atoms with Gasteiger partial charge < -0.3 is 38.5 Å². The maximum Gasteiger partial charge on any atom is 0.349 e. The second kappa shape index (κ2) is 27.1. The average Bonchev–Trinajstić information content (AvgIpc) is 1.59. The molecule has 8 rings (SSSR count). The Morgan fingerprint density at radius 3 is 0.674 bits per heavy atom. The highest BCUT2D eigenvalue weighted by atomic mass is 16.6. The normalized spacial score (nSPS) is 23.6. The summed E-state index contributed by atoms with van der Waals surface area (Å²) < 4.78 is 24.4. The molecule has 0 N–H and O–H groups in total. The van der Waals surface area contributed by atoms with E-state index in [0.717, 1.165) is 51.4 Å². The number of nitriles is 8. The van der Waals surface area contributed by atoms with Crippen molar-refractivity contribution in [1.82, 2.24) is 19.6 Å². The van der Waals surface area contributed by atoms with Crippen LogP contribution in [0.15, 0.2) is 89.7 Å². The number of esters is 4. The van der Waals surface area contributed by atoms with E-state index in [1.807, 2.05) is 79.7 Å². The van der Waals surface area contributed by atoms with Crippen LogP contribution >= 0.6 is 0 Å². The minimum absolute atomic E-state index is 0.131. The molecule has 0 aromatic heterocycles. The summed E-state index contributed by atoms with van der Waals surface area (Å²) in [5, 5.41) is 86.7. The molecule has 0 aromatic carbocycles. The van der Waals surface area contributed by atoms with Gasteiger partial charge in [0.05, 0.1) is 22.3 Å². The van der Waals surface area contributed by atoms with Crippen molar-refractivity contribution in [1.29, 1.82) is 42.1 Å². The van der Waals surface area contributed by atoms with Gasteiger partial charge in [0.1, 0.15) is 103 Å². The molecule has 0 aromatic rings. The van der Waals surface area contributed by atoms with E-state index >= 15 is 0 Å². The molecular formula is C69H80N12O8. The largest absolute Gasteiger partial charge is 0.461 e. The Hall–Kier alpha value is -9.08. The van der Waals surface area contributed by atoms with E-state index in [4.69, 9.17) is 18.9 Å². The highest BCUT2D eigenvalue weighted by molar-refractivity contribution is 5.97. The van der Waals surface area contributed by atoms with Gasteiger partial charge in [-0.15, -0.1) is 0 Å². The van der Waals surface area contributed by atoms with E-state index in [1.54, 1.807) is 0 Å². The molecule has 0 saturated carbocycles. The number of nitrogens with zero attached hydrogens (tertiary/aromatic N) is 12. The van der Waals surface area contributed by atoms with Crippen LogP contribution in [0.25, 0.3) is 0 Å². The van der Waals surface area contributed by atoms with Crippen molar-refractivity contribution in [2.24, 2.45) is 27.1 Å². The topological polar surface area (TPSA) is 308 Å². The van der Waals surface area contributed by atoms with Gasteiger partial charge in [0.2, 0.25) is 0 Å². The van der Waals surface area contributed by atoms with Gasteiger partial charge in [-0.1, -0.05) is 55.4 Å². The van der Waals surface area contributed by atoms with E-state index in [0.29, 0.717) is 101 Å². The van der Waals surface area contributed by atoms with E-state index in [2.05, 4.69) is 43.9 Å². The standard InChI is InChI=1S/C69H80N12O8/c1-65(2)25-45(49(33-70)57(29-65)78-17-9-10-18-78)53(37-74)61(82)86-41-69(42-87-62(83)54(38-75)46-26-66(3,4)30-58(50(46)34-71)79-19-11-12-20-79,43-88-63(84)55(39-76)47-27-67(5,6)31-59(51(47)35-72)80-21-13-14-22-80)44-89-64(85)56(40-77)48-28-68(7,8)32-60(52(48)36-73)81-23-15-16-24-81/h9-32,41-44H2,1-8H3/b53-45-,54-46+,55-47+,56-48+. The van der Waals surface area contributed by atoms with Crippen LogP contribution in [0, 0.1) is 118 Å². The summed E-state index contributed by atoms with van der Waals surface area (Å²) in [6.45, 7) is 17.2. The third-order valence-corrected chi connectivity index (χ3v) is 18.5. The van der Waals surface area contributed by atoms with Crippen LogP contribution in [0.2, 0.25) is 0 Å². The van der Waals surface area contributed by atoms with Crippen LogP contribution in [0.4, 0.5) is 0 Å². The molecular weight excluding hydrogens is 1120 g/mol. The molecule has 20 nitrogen and oxygen atoms in total. The van der Waals surface area contributed by atoms with E-state index in [-0.39, 0.29) is 70.3 Å². The van der Waals surface area contributed by atoms with Gasteiger partial charge in [0.25, 0.3) is 0 Å². The number of carbonyl (C=O) groups is 4. The molecule has 4 heterocycles. The first-order chi connectivity index (χ1) is 42.3. The molecule has 4 aliphatic heterocycles. The lowest BCUT2D eigenvalue weighted by molar-refractivity contribution is -0.165. The van der Waals surface area contributed by atoms with E-state index in [1.165, 1.54) is 0 Å². The van der Waals surface area contributed by atoms with Gasteiger partial charge >= 0.3 is 23.9 Å². The number of allylic oxidation sites excluding steroid dienone is 12. The van der Waals surface area contributed by atoms with Crippen molar-refractivity contribution in [3.8, 4) is 48.6 Å². The summed E-state index contributed by atoms with van der Waals surface area (Å²) in [7, 11) is 0.